The van der Waals surface area contributed by atoms with E-state index in [9.17, 15) is 13.2 Å². The van der Waals surface area contributed by atoms with Crippen LogP contribution in [0, 0.1) is 17.2 Å². The number of carbonyl (C=O) groups excluding carboxylic acids is 1. The Bertz CT molecular complexity index is 1010. The number of nitriles is 1. The average molecular weight is 413 g/mol. The Morgan fingerprint density at radius 1 is 1.17 bits per heavy atom. The maximum absolute atomic E-state index is 12.6. The van der Waals surface area contributed by atoms with Crippen molar-refractivity contribution in [1.29, 1.82) is 5.26 Å². The summed E-state index contributed by atoms with van der Waals surface area (Å²) in [7, 11) is -3.64. The lowest BCUT2D eigenvalue weighted by atomic mass is 10.2. The van der Waals surface area contributed by atoms with Crippen molar-refractivity contribution in [3.63, 3.8) is 0 Å². The zero-order valence-corrected chi connectivity index (χ0v) is 16.7. The van der Waals surface area contributed by atoms with E-state index in [0.29, 0.717) is 43.3 Å². The van der Waals surface area contributed by atoms with Crippen molar-refractivity contribution in [2.75, 3.05) is 18.5 Å². The van der Waals surface area contributed by atoms with Crippen LogP contribution in [0.2, 0.25) is 0 Å². The molecule has 0 aromatic heterocycles. The molecule has 0 bridgehead atoms. The number of amides is 1. The number of benzene rings is 2. The SMILES string of the molecule is N#CCCCOc1cccc(NC(=O)c2cccc(S(=O)(=O)NCC3CC3)c2)c1. The van der Waals surface area contributed by atoms with Crippen molar-refractivity contribution in [2.24, 2.45) is 5.92 Å². The largest absolute Gasteiger partial charge is 0.493 e. The van der Waals surface area contributed by atoms with Gasteiger partial charge in [0.1, 0.15) is 5.75 Å². The lowest BCUT2D eigenvalue weighted by molar-refractivity contribution is 0.102. The summed E-state index contributed by atoms with van der Waals surface area (Å²) in [5.74, 6) is 0.595. The topological polar surface area (TPSA) is 108 Å². The number of ether oxygens (including phenoxy) is 1. The van der Waals surface area contributed by atoms with Gasteiger partial charge in [0.25, 0.3) is 5.91 Å². The van der Waals surface area contributed by atoms with Crippen molar-refractivity contribution in [1.82, 2.24) is 4.72 Å². The smallest absolute Gasteiger partial charge is 0.255 e. The van der Waals surface area contributed by atoms with E-state index in [4.69, 9.17) is 10.00 Å². The maximum Gasteiger partial charge on any atom is 0.255 e. The molecule has 152 valence electrons. The fraction of sp³-hybridized carbons (Fsp3) is 0.333. The summed E-state index contributed by atoms with van der Waals surface area (Å²) in [6, 6.07) is 14.9. The van der Waals surface area contributed by atoms with Crippen molar-refractivity contribution in [3.8, 4) is 11.8 Å². The summed E-state index contributed by atoms with van der Waals surface area (Å²) < 4.78 is 33.0. The number of anilines is 1. The van der Waals surface area contributed by atoms with Gasteiger partial charge in [-0.3, -0.25) is 4.79 Å². The van der Waals surface area contributed by atoms with Crippen LogP contribution in [0.3, 0.4) is 0 Å². The highest BCUT2D eigenvalue weighted by molar-refractivity contribution is 7.89. The van der Waals surface area contributed by atoms with Crippen LogP contribution in [0.4, 0.5) is 5.69 Å². The first-order chi connectivity index (χ1) is 14.0. The molecular weight excluding hydrogens is 390 g/mol. The normalized spacial score (nSPS) is 13.5. The second kappa shape index (κ2) is 9.54. The van der Waals surface area contributed by atoms with E-state index < -0.39 is 15.9 Å². The fourth-order valence-electron chi connectivity index (χ4n) is 2.65. The minimum absolute atomic E-state index is 0.0698. The Kier molecular flexibility index (Phi) is 6.86. The third kappa shape index (κ3) is 6.31. The van der Waals surface area contributed by atoms with Gasteiger partial charge in [-0.1, -0.05) is 12.1 Å². The Balaban J connectivity index is 1.64. The number of unbranched alkanes of at least 4 members (excludes halogenated alkanes) is 1. The highest BCUT2D eigenvalue weighted by Crippen LogP contribution is 2.28. The number of hydrogen-bond acceptors (Lipinski definition) is 5. The van der Waals surface area contributed by atoms with Crippen molar-refractivity contribution in [3.05, 3.63) is 54.1 Å². The lowest BCUT2D eigenvalue weighted by Crippen LogP contribution is -2.26. The molecule has 0 saturated heterocycles. The molecule has 2 aromatic rings. The van der Waals surface area contributed by atoms with Gasteiger partial charge in [-0.2, -0.15) is 5.26 Å². The third-order valence-electron chi connectivity index (χ3n) is 4.46. The summed E-state index contributed by atoms with van der Waals surface area (Å²) >= 11 is 0. The van der Waals surface area contributed by atoms with Gasteiger partial charge < -0.3 is 10.1 Å². The second-order valence-corrected chi connectivity index (χ2v) is 8.68. The molecule has 8 heteroatoms. The number of nitrogens with zero attached hydrogens (tertiary/aromatic N) is 1. The summed E-state index contributed by atoms with van der Waals surface area (Å²) in [6.45, 7) is 0.846. The molecule has 7 nitrogen and oxygen atoms in total. The van der Waals surface area contributed by atoms with Crippen LogP contribution in [0.1, 0.15) is 36.0 Å². The zero-order valence-electron chi connectivity index (χ0n) is 15.9. The highest BCUT2D eigenvalue weighted by Gasteiger charge is 2.24. The van der Waals surface area contributed by atoms with Gasteiger partial charge in [0.15, 0.2) is 0 Å². The maximum atomic E-state index is 12.6. The predicted octanol–water partition coefficient (Wildman–Crippen LogP) is 3.31. The quantitative estimate of drug-likeness (QED) is 0.581. The van der Waals surface area contributed by atoms with Gasteiger partial charge in [0.2, 0.25) is 10.0 Å². The van der Waals surface area contributed by atoms with Gasteiger partial charge in [-0.15, -0.1) is 0 Å². The first-order valence-corrected chi connectivity index (χ1v) is 11.0. The minimum atomic E-state index is -3.64. The molecule has 0 radical (unpaired) electrons. The average Bonchev–Trinajstić information content (AvgIpc) is 3.55. The number of sulfonamides is 1. The summed E-state index contributed by atoms with van der Waals surface area (Å²) in [5, 5.41) is 11.3. The molecule has 3 rings (SSSR count). The van der Waals surface area contributed by atoms with Crippen molar-refractivity contribution < 1.29 is 17.9 Å². The van der Waals surface area contributed by atoms with Crippen LogP contribution in [-0.2, 0) is 10.0 Å². The van der Waals surface area contributed by atoms with Crippen LogP contribution >= 0.6 is 0 Å². The summed E-state index contributed by atoms with van der Waals surface area (Å²) in [4.78, 5) is 12.6. The number of nitrogens with one attached hydrogen (secondary N) is 2. The third-order valence-corrected chi connectivity index (χ3v) is 5.88. The Morgan fingerprint density at radius 3 is 2.72 bits per heavy atom. The molecule has 0 atom stereocenters. The van der Waals surface area contributed by atoms with Crippen LogP contribution in [0.5, 0.6) is 5.75 Å². The van der Waals surface area contributed by atoms with E-state index in [1.54, 1.807) is 36.4 Å². The molecule has 2 N–H and O–H groups in total. The van der Waals surface area contributed by atoms with Gasteiger partial charge >= 0.3 is 0 Å². The molecule has 1 aliphatic rings. The standard InChI is InChI=1S/C21H23N3O4S/c22-11-1-2-12-28-19-7-4-6-18(14-19)24-21(25)17-5-3-8-20(13-17)29(26,27)23-15-16-9-10-16/h3-8,13-14,16,23H,1-2,9-10,12,15H2,(H,24,25). The first-order valence-electron chi connectivity index (χ1n) is 9.49. The second-order valence-electron chi connectivity index (χ2n) is 6.92. The molecule has 1 saturated carbocycles. The zero-order chi connectivity index (χ0) is 20.7. The molecule has 0 heterocycles. The number of hydrogen-bond donors (Lipinski definition) is 2. The number of rotatable bonds is 10. The molecule has 0 aliphatic heterocycles. The van der Waals surface area contributed by atoms with Crippen LogP contribution < -0.4 is 14.8 Å². The molecule has 1 fully saturated rings. The predicted molar refractivity (Wildman–Crippen MR) is 109 cm³/mol. The first kappa shape index (κ1) is 20.8. The Hall–Kier alpha value is -2.89. The van der Waals surface area contributed by atoms with E-state index in [0.717, 1.165) is 12.8 Å². The van der Waals surface area contributed by atoms with Crippen molar-refractivity contribution >= 4 is 21.6 Å². The molecule has 0 spiro atoms. The Morgan fingerprint density at radius 2 is 1.97 bits per heavy atom. The number of carbonyl (C=O) groups is 1. The summed E-state index contributed by atoms with van der Waals surface area (Å²) in [5.41, 5.74) is 0.785. The fourth-order valence-corrected chi connectivity index (χ4v) is 3.81. The summed E-state index contributed by atoms with van der Waals surface area (Å²) in [6.07, 6.45) is 3.15. The van der Waals surface area contributed by atoms with E-state index in [1.165, 1.54) is 12.1 Å². The van der Waals surface area contributed by atoms with Gasteiger partial charge in [-0.05, 0) is 55.5 Å². The van der Waals surface area contributed by atoms with Gasteiger partial charge in [0, 0.05) is 30.3 Å². The van der Waals surface area contributed by atoms with Crippen LogP contribution in [0.15, 0.2) is 53.4 Å². The van der Waals surface area contributed by atoms with Crippen molar-refractivity contribution in [2.45, 2.75) is 30.6 Å². The van der Waals surface area contributed by atoms with Crippen LogP contribution in [-0.4, -0.2) is 27.5 Å². The molecule has 0 unspecified atom stereocenters. The highest BCUT2D eigenvalue weighted by atomic mass is 32.2. The molecule has 29 heavy (non-hydrogen) atoms. The Labute approximate surface area is 170 Å². The lowest BCUT2D eigenvalue weighted by Gasteiger charge is -2.10. The van der Waals surface area contributed by atoms with E-state index in [1.807, 2.05) is 0 Å². The molecule has 2 aromatic carbocycles. The van der Waals surface area contributed by atoms with E-state index in [-0.39, 0.29) is 10.5 Å². The molecule has 1 aliphatic carbocycles. The molecular formula is C21H23N3O4S. The monoisotopic (exact) mass is 413 g/mol. The molecule has 1 amide bonds. The minimum Gasteiger partial charge on any atom is -0.493 e. The van der Waals surface area contributed by atoms with Gasteiger partial charge in [-0.25, -0.2) is 13.1 Å². The van der Waals surface area contributed by atoms with Gasteiger partial charge in [0.05, 0.1) is 17.6 Å². The van der Waals surface area contributed by atoms with Crippen LogP contribution in [0.25, 0.3) is 0 Å². The van der Waals surface area contributed by atoms with E-state index in [2.05, 4.69) is 16.1 Å². The van der Waals surface area contributed by atoms with E-state index >= 15 is 0 Å².